The number of hydrogen-bond acceptors (Lipinski definition) is 8. The Balaban J connectivity index is 1.24. The Labute approximate surface area is 287 Å². The second kappa shape index (κ2) is 13.0. The third-order valence-corrected chi connectivity index (χ3v) is 11.1. The number of benzene rings is 1. The summed E-state index contributed by atoms with van der Waals surface area (Å²) in [5, 5.41) is 0.0439. The zero-order chi connectivity index (χ0) is 34.7. The lowest BCUT2D eigenvalue weighted by molar-refractivity contribution is -0.125. The highest BCUT2D eigenvalue weighted by Crippen LogP contribution is 2.43. The maximum Gasteiger partial charge on any atom is 0.319 e. The quantitative estimate of drug-likeness (QED) is 0.203. The van der Waals surface area contributed by atoms with Crippen LogP contribution in [0.1, 0.15) is 44.6 Å². The molecule has 4 fully saturated rings. The first kappa shape index (κ1) is 33.9. The van der Waals surface area contributed by atoms with Gasteiger partial charge in [-0.05, 0) is 45.3 Å². The number of fused-ring (bicyclic) bond motifs is 2. The van der Waals surface area contributed by atoms with Crippen LogP contribution in [-0.2, 0) is 10.7 Å². The monoisotopic (exact) mass is 701 g/mol. The van der Waals surface area contributed by atoms with Gasteiger partial charge in [0.05, 0.1) is 15.9 Å². The molecule has 0 spiro atoms. The molecule has 1 amide bonds. The fraction of sp³-hybridized carbons (Fsp3) is 0.543. The fourth-order valence-corrected chi connectivity index (χ4v) is 8.21. The lowest BCUT2D eigenvalue weighted by atomic mass is 9.95. The standard InChI is InChI=1S/C35H40ClF4N7O2/c1-34(39,40)28-24(6-4-7-26(28)36)30-29(38)31-25(17-41-30)32(43-33(42-31)49-20-35-12-5-13-47(35)18-21(37)16-35)45(3)23-11-15-46(19-23)27(48)9-8-22-10-14-44(22)2/h4,6-9,17,21-23H,5,10-16,18-20H2,1-3H3/b9-8+/t21-,22?,23-,35+/m1/s1. The van der Waals surface area contributed by atoms with Gasteiger partial charge in [-0.1, -0.05) is 29.8 Å². The van der Waals surface area contributed by atoms with Crippen molar-refractivity contribution in [2.24, 2.45) is 0 Å². The van der Waals surface area contributed by atoms with Gasteiger partial charge in [0.15, 0.2) is 5.82 Å². The highest BCUT2D eigenvalue weighted by molar-refractivity contribution is 6.31. The molecule has 0 N–H and O–H groups in total. The van der Waals surface area contributed by atoms with Gasteiger partial charge in [-0.15, -0.1) is 0 Å². The molecule has 262 valence electrons. The van der Waals surface area contributed by atoms with Crippen LogP contribution in [0.2, 0.25) is 5.02 Å². The SMILES string of the molecule is CN1CCC1/C=C/C(=O)N1CC[C@@H](N(C)c2nc(OC[C@@]34CCCN3C[C@H](F)C4)nc3c(F)c(-c4cccc(Cl)c4C(C)(F)F)ncc23)C1. The minimum atomic E-state index is -3.38. The van der Waals surface area contributed by atoms with E-state index < -0.39 is 29.0 Å². The highest BCUT2D eigenvalue weighted by atomic mass is 35.5. The molecule has 0 bridgehead atoms. The molecule has 4 aliphatic rings. The number of hydrogen-bond donors (Lipinski definition) is 0. The van der Waals surface area contributed by atoms with Crippen molar-refractivity contribution in [1.29, 1.82) is 0 Å². The van der Waals surface area contributed by atoms with Gasteiger partial charge in [0.2, 0.25) is 5.91 Å². The van der Waals surface area contributed by atoms with Crippen LogP contribution in [0, 0.1) is 5.82 Å². The summed E-state index contributed by atoms with van der Waals surface area (Å²) in [6, 6.07) is 4.13. The summed E-state index contributed by atoms with van der Waals surface area (Å²) in [7, 11) is 3.83. The molecular weight excluding hydrogens is 662 g/mol. The van der Waals surface area contributed by atoms with Crippen LogP contribution in [0.4, 0.5) is 23.4 Å². The number of pyridine rings is 1. The lowest BCUT2D eigenvalue weighted by Gasteiger charge is -2.35. The molecule has 0 radical (unpaired) electrons. The Bertz CT molecular complexity index is 1790. The van der Waals surface area contributed by atoms with Gasteiger partial charge in [-0.3, -0.25) is 19.6 Å². The van der Waals surface area contributed by atoms with Crippen molar-refractivity contribution < 1.29 is 27.1 Å². The Morgan fingerprint density at radius 2 is 2.02 bits per heavy atom. The molecule has 0 saturated carbocycles. The maximum atomic E-state index is 16.6. The second-order valence-corrected chi connectivity index (χ2v) is 14.4. The van der Waals surface area contributed by atoms with E-state index in [1.54, 1.807) is 11.0 Å². The molecule has 3 aromatic rings. The maximum absolute atomic E-state index is 16.6. The average molecular weight is 702 g/mol. The van der Waals surface area contributed by atoms with Crippen molar-refractivity contribution in [3.8, 4) is 17.3 Å². The summed E-state index contributed by atoms with van der Waals surface area (Å²) >= 11 is 6.19. The van der Waals surface area contributed by atoms with Crippen LogP contribution >= 0.6 is 11.6 Å². The molecule has 9 nitrogen and oxygen atoms in total. The minimum absolute atomic E-state index is 0.0710. The van der Waals surface area contributed by atoms with E-state index in [-0.39, 0.29) is 57.8 Å². The van der Waals surface area contributed by atoms with Crippen LogP contribution < -0.4 is 9.64 Å². The Hall–Kier alpha value is -3.55. The summed E-state index contributed by atoms with van der Waals surface area (Å²) < 4.78 is 66.8. The predicted octanol–water partition coefficient (Wildman–Crippen LogP) is 5.85. The average Bonchev–Trinajstić information content (AvgIpc) is 3.77. The molecule has 6 heterocycles. The fourth-order valence-electron chi connectivity index (χ4n) is 7.87. The molecule has 4 atom stereocenters. The smallest absolute Gasteiger partial charge is 0.319 e. The van der Waals surface area contributed by atoms with Crippen LogP contribution in [0.25, 0.3) is 22.2 Å². The predicted molar refractivity (Wildman–Crippen MR) is 179 cm³/mol. The summed E-state index contributed by atoms with van der Waals surface area (Å²) in [6.07, 6.45) is 7.66. The number of likely N-dealkylation sites (tertiary alicyclic amines) is 2. The van der Waals surface area contributed by atoms with Crippen molar-refractivity contribution in [3.05, 3.63) is 53.0 Å². The van der Waals surface area contributed by atoms with Gasteiger partial charge in [-0.25, -0.2) is 17.6 Å². The molecule has 2 aromatic heterocycles. The van der Waals surface area contributed by atoms with Crippen molar-refractivity contribution in [2.75, 3.05) is 58.3 Å². The van der Waals surface area contributed by atoms with Gasteiger partial charge in [0, 0.05) is 82.1 Å². The zero-order valence-corrected chi connectivity index (χ0v) is 28.6. The first-order valence-corrected chi connectivity index (χ1v) is 17.2. The van der Waals surface area contributed by atoms with E-state index in [4.69, 9.17) is 21.3 Å². The number of rotatable bonds is 9. The summed E-state index contributed by atoms with van der Waals surface area (Å²) in [4.78, 5) is 34.4. The van der Waals surface area contributed by atoms with Gasteiger partial charge in [0.25, 0.3) is 5.92 Å². The molecule has 1 aromatic carbocycles. The largest absolute Gasteiger partial charge is 0.461 e. The minimum Gasteiger partial charge on any atom is -0.461 e. The third-order valence-electron chi connectivity index (χ3n) is 10.7. The third kappa shape index (κ3) is 6.33. The Morgan fingerprint density at radius 3 is 2.76 bits per heavy atom. The zero-order valence-electron chi connectivity index (χ0n) is 27.8. The molecule has 49 heavy (non-hydrogen) atoms. The number of alkyl halides is 3. The summed E-state index contributed by atoms with van der Waals surface area (Å²) in [6.45, 7) is 3.90. The highest BCUT2D eigenvalue weighted by Gasteiger charge is 2.49. The Kier molecular flexibility index (Phi) is 8.98. The van der Waals surface area contributed by atoms with Crippen LogP contribution in [0.5, 0.6) is 6.01 Å². The number of nitrogens with zero attached hydrogens (tertiary/aromatic N) is 7. The number of aromatic nitrogens is 3. The first-order chi connectivity index (χ1) is 23.3. The van der Waals surface area contributed by atoms with Crippen LogP contribution in [0.15, 0.2) is 36.5 Å². The Morgan fingerprint density at radius 1 is 1.20 bits per heavy atom. The van der Waals surface area contributed by atoms with Crippen molar-refractivity contribution in [3.63, 3.8) is 0 Å². The molecule has 1 unspecified atom stereocenters. The van der Waals surface area contributed by atoms with E-state index in [2.05, 4.69) is 19.8 Å². The van der Waals surface area contributed by atoms with Crippen molar-refractivity contribution >= 4 is 34.2 Å². The van der Waals surface area contributed by atoms with E-state index in [0.29, 0.717) is 45.2 Å². The van der Waals surface area contributed by atoms with E-state index >= 15 is 4.39 Å². The second-order valence-electron chi connectivity index (χ2n) is 14.0. The van der Waals surface area contributed by atoms with E-state index in [9.17, 15) is 18.0 Å². The number of carbonyl (C=O) groups excluding carboxylic acids is 1. The van der Waals surface area contributed by atoms with E-state index in [1.165, 1.54) is 24.4 Å². The first-order valence-electron chi connectivity index (χ1n) is 16.8. The molecule has 7 rings (SSSR count). The number of ether oxygens (including phenoxy) is 1. The van der Waals surface area contributed by atoms with Gasteiger partial charge in [-0.2, -0.15) is 9.97 Å². The molecule has 4 saturated heterocycles. The topological polar surface area (TPSA) is 77.9 Å². The van der Waals surface area contributed by atoms with Crippen molar-refractivity contribution in [1.82, 2.24) is 29.7 Å². The molecule has 0 aliphatic carbocycles. The summed E-state index contributed by atoms with van der Waals surface area (Å²) in [5.74, 6) is -4.05. The number of carbonyl (C=O) groups is 1. The summed E-state index contributed by atoms with van der Waals surface area (Å²) in [5.41, 5.74) is -1.68. The number of amides is 1. The number of likely N-dealkylation sites (N-methyl/N-ethyl adjacent to an activating group) is 2. The van der Waals surface area contributed by atoms with Crippen LogP contribution in [-0.4, -0.2) is 113 Å². The van der Waals surface area contributed by atoms with E-state index in [0.717, 1.165) is 32.4 Å². The van der Waals surface area contributed by atoms with Gasteiger partial charge in [0.1, 0.15) is 29.8 Å². The lowest BCUT2D eigenvalue weighted by Crippen LogP contribution is -2.43. The molecule has 4 aliphatic heterocycles. The number of halogens is 5. The van der Waals surface area contributed by atoms with Crippen LogP contribution in [0.3, 0.4) is 0 Å². The molecular formula is C35H40ClF4N7O2. The van der Waals surface area contributed by atoms with Gasteiger partial charge < -0.3 is 14.5 Å². The van der Waals surface area contributed by atoms with E-state index in [1.807, 2.05) is 25.1 Å². The molecule has 14 heteroatoms. The van der Waals surface area contributed by atoms with Gasteiger partial charge >= 0.3 is 6.01 Å². The number of anilines is 1. The van der Waals surface area contributed by atoms with Crippen molar-refractivity contribution in [2.45, 2.75) is 68.7 Å². The normalized spacial score (nSPS) is 26.1.